The zero-order chi connectivity index (χ0) is 16.1. The van der Waals surface area contributed by atoms with E-state index in [1.807, 2.05) is 0 Å². The van der Waals surface area contributed by atoms with Gasteiger partial charge in [0.25, 0.3) is 0 Å². The van der Waals surface area contributed by atoms with Crippen LogP contribution >= 0.6 is 0 Å². The number of aryl methyl sites for hydroxylation is 2. The van der Waals surface area contributed by atoms with Crippen LogP contribution < -0.4 is 4.74 Å². The Morgan fingerprint density at radius 1 is 1.14 bits per heavy atom. The molecule has 1 aromatic carbocycles. The quantitative estimate of drug-likeness (QED) is 0.862. The van der Waals surface area contributed by atoms with E-state index >= 15 is 0 Å². The number of nitrogens with zero attached hydrogens (tertiary/aromatic N) is 2. The number of rotatable bonds is 1. The molecule has 1 N–H and O–H groups in total. The summed E-state index contributed by atoms with van der Waals surface area (Å²) in [5.41, 5.74) is 2.83. The van der Waals surface area contributed by atoms with Crippen LogP contribution in [0.1, 0.15) is 36.6 Å². The molecule has 0 saturated carbocycles. The van der Waals surface area contributed by atoms with E-state index in [0.717, 1.165) is 43.1 Å². The summed E-state index contributed by atoms with van der Waals surface area (Å²) >= 11 is 0. The standard InChI is InChI=1S/C18H28N2O2/c1-12-10-13(2)16-14(11-12)15(21)17(18(3,4)22-16)20-8-6-19(5)7-9-20/h10-11,15,17,21H,6-9H2,1-5H3. The van der Waals surface area contributed by atoms with Crippen LogP contribution in [0.5, 0.6) is 5.75 Å². The Bertz CT molecular complexity index is 562. The van der Waals surface area contributed by atoms with Crippen molar-refractivity contribution in [3.8, 4) is 5.75 Å². The van der Waals surface area contributed by atoms with E-state index in [1.54, 1.807) is 0 Å². The van der Waals surface area contributed by atoms with E-state index in [2.05, 4.69) is 56.7 Å². The lowest BCUT2D eigenvalue weighted by Crippen LogP contribution is -2.61. The molecule has 2 aliphatic heterocycles. The van der Waals surface area contributed by atoms with Gasteiger partial charge in [-0.15, -0.1) is 0 Å². The van der Waals surface area contributed by atoms with Crippen molar-refractivity contribution in [3.05, 3.63) is 28.8 Å². The monoisotopic (exact) mass is 304 g/mol. The number of ether oxygens (including phenoxy) is 1. The first-order chi connectivity index (χ1) is 10.3. The van der Waals surface area contributed by atoms with Crippen molar-refractivity contribution >= 4 is 0 Å². The Hall–Kier alpha value is -1.10. The predicted molar refractivity (Wildman–Crippen MR) is 88.4 cm³/mol. The molecule has 0 aromatic heterocycles. The molecule has 3 rings (SSSR count). The second-order valence-corrected chi connectivity index (χ2v) is 7.43. The van der Waals surface area contributed by atoms with Crippen LogP contribution in [0.15, 0.2) is 12.1 Å². The topological polar surface area (TPSA) is 35.9 Å². The highest BCUT2D eigenvalue weighted by molar-refractivity contribution is 5.48. The maximum Gasteiger partial charge on any atom is 0.128 e. The molecule has 122 valence electrons. The highest BCUT2D eigenvalue weighted by atomic mass is 16.5. The molecule has 0 amide bonds. The number of benzene rings is 1. The second kappa shape index (κ2) is 5.52. The molecule has 2 aliphatic rings. The molecule has 0 aliphatic carbocycles. The third-order valence-electron chi connectivity index (χ3n) is 5.07. The molecule has 4 nitrogen and oxygen atoms in total. The fraction of sp³-hybridized carbons (Fsp3) is 0.667. The highest BCUT2D eigenvalue weighted by Crippen LogP contribution is 2.44. The van der Waals surface area contributed by atoms with Gasteiger partial charge in [-0.3, -0.25) is 4.90 Å². The lowest BCUT2D eigenvalue weighted by molar-refractivity contribution is -0.0922. The van der Waals surface area contributed by atoms with Crippen LogP contribution in [0.4, 0.5) is 0 Å². The van der Waals surface area contributed by atoms with Crippen molar-refractivity contribution < 1.29 is 9.84 Å². The van der Waals surface area contributed by atoms with E-state index in [0.29, 0.717) is 0 Å². The summed E-state index contributed by atoms with van der Waals surface area (Å²) in [6.07, 6.45) is -0.499. The van der Waals surface area contributed by atoms with Crippen LogP contribution in [-0.2, 0) is 0 Å². The van der Waals surface area contributed by atoms with Gasteiger partial charge >= 0.3 is 0 Å². The lowest BCUT2D eigenvalue weighted by atomic mass is 9.83. The molecule has 0 bridgehead atoms. The van der Waals surface area contributed by atoms with E-state index in [9.17, 15) is 5.11 Å². The third kappa shape index (κ3) is 2.64. The molecule has 22 heavy (non-hydrogen) atoms. The first kappa shape index (κ1) is 15.8. The van der Waals surface area contributed by atoms with E-state index in [4.69, 9.17) is 4.74 Å². The van der Waals surface area contributed by atoms with Gasteiger partial charge in [-0.25, -0.2) is 0 Å². The summed E-state index contributed by atoms with van der Waals surface area (Å²) < 4.78 is 6.35. The summed E-state index contributed by atoms with van der Waals surface area (Å²) in [5.74, 6) is 0.869. The van der Waals surface area contributed by atoms with Gasteiger partial charge in [0.15, 0.2) is 0 Å². The van der Waals surface area contributed by atoms with E-state index in [-0.39, 0.29) is 6.04 Å². The Balaban J connectivity index is 1.97. The zero-order valence-corrected chi connectivity index (χ0v) is 14.4. The van der Waals surface area contributed by atoms with Crippen LogP contribution in [0.25, 0.3) is 0 Å². The molecule has 1 fully saturated rings. The second-order valence-electron chi connectivity index (χ2n) is 7.43. The maximum absolute atomic E-state index is 11.1. The van der Waals surface area contributed by atoms with Crippen molar-refractivity contribution in [1.82, 2.24) is 9.80 Å². The maximum atomic E-state index is 11.1. The van der Waals surface area contributed by atoms with Gasteiger partial charge in [0.05, 0.1) is 6.04 Å². The Labute approximate surface area is 133 Å². The van der Waals surface area contributed by atoms with Gasteiger partial charge < -0.3 is 14.7 Å². The highest BCUT2D eigenvalue weighted by Gasteiger charge is 2.47. The van der Waals surface area contributed by atoms with Gasteiger partial charge in [0, 0.05) is 31.7 Å². The van der Waals surface area contributed by atoms with Crippen molar-refractivity contribution in [2.24, 2.45) is 0 Å². The number of likely N-dealkylation sites (N-methyl/N-ethyl adjacent to an activating group) is 1. The normalized spacial score (nSPS) is 29.0. The fourth-order valence-electron chi connectivity index (χ4n) is 3.96. The average Bonchev–Trinajstić information content (AvgIpc) is 2.42. The van der Waals surface area contributed by atoms with Gasteiger partial charge in [-0.2, -0.15) is 0 Å². The minimum Gasteiger partial charge on any atom is -0.485 e. The minimum absolute atomic E-state index is 0.00472. The summed E-state index contributed by atoms with van der Waals surface area (Å²) in [4.78, 5) is 4.73. The summed E-state index contributed by atoms with van der Waals surface area (Å²) in [6.45, 7) is 12.4. The van der Waals surface area contributed by atoms with Crippen molar-refractivity contribution in [1.29, 1.82) is 0 Å². The smallest absolute Gasteiger partial charge is 0.128 e. The third-order valence-corrected chi connectivity index (χ3v) is 5.07. The first-order valence-electron chi connectivity index (χ1n) is 8.20. The van der Waals surface area contributed by atoms with Crippen molar-refractivity contribution in [2.75, 3.05) is 33.2 Å². The number of piperazine rings is 1. The molecule has 2 heterocycles. The molecule has 1 aromatic rings. The summed E-state index contributed by atoms with van der Waals surface area (Å²) in [5, 5.41) is 11.1. The lowest BCUT2D eigenvalue weighted by Gasteiger charge is -2.50. The molecule has 4 heteroatoms. The minimum atomic E-state index is -0.499. The predicted octanol–water partition coefficient (Wildman–Crippen LogP) is 2.12. The van der Waals surface area contributed by atoms with Crippen molar-refractivity contribution in [3.63, 3.8) is 0 Å². The van der Waals surface area contributed by atoms with Gasteiger partial charge in [0.2, 0.25) is 0 Å². The largest absolute Gasteiger partial charge is 0.485 e. The summed E-state index contributed by atoms with van der Waals surface area (Å²) in [7, 11) is 2.15. The Kier molecular flexibility index (Phi) is 3.96. The Morgan fingerprint density at radius 2 is 1.77 bits per heavy atom. The first-order valence-corrected chi connectivity index (χ1v) is 8.20. The Morgan fingerprint density at radius 3 is 2.41 bits per heavy atom. The number of aliphatic hydroxyl groups excluding tert-OH is 1. The van der Waals surface area contributed by atoms with Crippen LogP contribution in [0.2, 0.25) is 0 Å². The number of hydrogen-bond acceptors (Lipinski definition) is 4. The SMILES string of the molecule is Cc1cc(C)c2c(c1)C(O)C(N1CCN(C)CC1)C(C)(C)O2. The van der Waals surface area contributed by atoms with Gasteiger partial charge in [-0.1, -0.05) is 11.6 Å². The molecule has 2 atom stereocenters. The van der Waals surface area contributed by atoms with Crippen molar-refractivity contribution in [2.45, 2.75) is 45.4 Å². The zero-order valence-electron chi connectivity index (χ0n) is 14.4. The van der Waals surface area contributed by atoms with Gasteiger partial charge in [-0.05, 0) is 46.4 Å². The molecule has 1 saturated heterocycles. The van der Waals surface area contributed by atoms with E-state index < -0.39 is 11.7 Å². The molecular formula is C18H28N2O2. The number of fused-ring (bicyclic) bond motifs is 1. The van der Waals surface area contributed by atoms with E-state index in [1.165, 1.54) is 5.56 Å². The average molecular weight is 304 g/mol. The number of aliphatic hydroxyl groups is 1. The van der Waals surface area contributed by atoms with Gasteiger partial charge in [0.1, 0.15) is 17.5 Å². The number of hydrogen-bond donors (Lipinski definition) is 1. The fourth-order valence-corrected chi connectivity index (χ4v) is 3.96. The molecule has 2 unspecified atom stereocenters. The van der Waals surface area contributed by atoms with Crippen LogP contribution in [0, 0.1) is 13.8 Å². The van der Waals surface area contributed by atoms with Crippen LogP contribution in [0.3, 0.4) is 0 Å². The summed E-state index contributed by atoms with van der Waals surface area (Å²) in [6, 6.07) is 4.19. The molecular weight excluding hydrogens is 276 g/mol. The molecule has 0 radical (unpaired) electrons. The van der Waals surface area contributed by atoms with Crippen LogP contribution in [-0.4, -0.2) is 59.8 Å². The molecule has 0 spiro atoms.